The summed E-state index contributed by atoms with van der Waals surface area (Å²) in [6.07, 6.45) is 1.71. The number of aryl methyl sites for hydroxylation is 2. The molecule has 2 heterocycles. The number of thiazole rings is 1. The number of hydrogen-bond donors (Lipinski definition) is 1. The van der Waals surface area contributed by atoms with Crippen molar-refractivity contribution in [2.45, 2.75) is 13.8 Å². The van der Waals surface area contributed by atoms with E-state index in [1.54, 1.807) is 17.5 Å². The molecule has 1 N–H and O–H groups in total. The fraction of sp³-hybridized carbons (Fsp3) is 0.105. The van der Waals surface area contributed by atoms with Gasteiger partial charge < -0.3 is 5.32 Å². The minimum Gasteiger partial charge on any atom is -0.322 e. The first-order valence-corrected chi connectivity index (χ1v) is 8.46. The molecule has 4 rings (SSSR count). The summed E-state index contributed by atoms with van der Waals surface area (Å²) in [5, 5.41) is 4.95. The second-order valence-corrected chi connectivity index (χ2v) is 6.94. The summed E-state index contributed by atoms with van der Waals surface area (Å²) in [7, 11) is 0. The van der Waals surface area contributed by atoms with Crippen molar-refractivity contribution in [3.05, 3.63) is 64.8 Å². The van der Waals surface area contributed by atoms with Gasteiger partial charge in [0.25, 0.3) is 5.91 Å². The fourth-order valence-electron chi connectivity index (χ4n) is 2.85. The average Bonchev–Trinajstić information content (AvgIpc) is 2.94. The van der Waals surface area contributed by atoms with E-state index in [9.17, 15) is 4.79 Å². The molecule has 0 aliphatic carbocycles. The van der Waals surface area contributed by atoms with Crippen LogP contribution < -0.4 is 5.32 Å². The van der Waals surface area contributed by atoms with Gasteiger partial charge in [-0.2, -0.15) is 0 Å². The Kier molecular flexibility index (Phi) is 3.50. The van der Waals surface area contributed by atoms with Crippen LogP contribution in [0.5, 0.6) is 0 Å². The van der Waals surface area contributed by atoms with Crippen molar-refractivity contribution < 1.29 is 4.79 Å². The van der Waals surface area contributed by atoms with Gasteiger partial charge in [0.05, 0.1) is 26.3 Å². The Morgan fingerprint density at radius 2 is 2.00 bits per heavy atom. The van der Waals surface area contributed by atoms with Gasteiger partial charge in [-0.1, -0.05) is 18.2 Å². The highest BCUT2D eigenvalue weighted by Crippen LogP contribution is 2.26. The first-order chi connectivity index (χ1) is 11.6. The normalized spacial score (nSPS) is 11.1. The third kappa shape index (κ3) is 2.53. The van der Waals surface area contributed by atoms with Crippen molar-refractivity contribution in [2.24, 2.45) is 0 Å². The number of pyridine rings is 1. The number of anilines is 1. The molecule has 24 heavy (non-hydrogen) atoms. The van der Waals surface area contributed by atoms with Crippen molar-refractivity contribution in [2.75, 3.05) is 5.32 Å². The number of hydrogen-bond acceptors (Lipinski definition) is 4. The molecule has 0 atom stereocenters. The van der Waals surface area contributed by atoms with Gasteiger partial charge in [-0.15, -0.1) is 11.3 Å². The van der Waals surface area contributed by atoms with E-state index >= 15 is 0 Å². The maximum atomic E-state index is 12.8. The van der Waals surface area contributed by atoms with Gasteiger partial charge in [0.1, 0.15) is 0 Å². The standard InChI is InChI=1S/C19H15N3OS/c1-11-5-6-13-4-3-9-20-18(13)17(11)19(23)22-14-7-8-16-15(10-14)21-12(2)24-16/h3-10H,1-2H3,(H,22,23). The molecule has 0 unspecified atom stereocenters. The SMILES string of the molecule is Cc1nc2cc(NC(=O)c3c(C)ccc4cccnc34)ccc2s1. The number of rotatable bonds is 2. The molecule has 5 heteroatoms. The van der Waals surface area contributed by atoms with E-state index in [-0.39, 0.29) is 5.91 Å². The quantitative estimate of drug-likeness (QED) is 0.578. The number of amides is 1. The van der Waals surface area contributed by atoms with Crippen LogP contribution in [0.1, 0.15) is 20.9 Å². The van der Waals surface area contributed by atoms with Gasteiger partial charge in [-0.3, -0.25) is 9.78 Å². The predicted molar refractivity (Wildman–Crippen MR) is 98.8 cm³/mol. The van der Waals surface area contributed by atoms with Crippen LogP contribution in [0.3, 0.4) is 0 Å². The van der Waals surface area contributed by atoms with Crippen molar-refractivity contribution in [1.82, 2.24) is 9.97 Å². The molecule has 0 aliphatic heterocycles. The maximum absolute atomic E-state index is 12.8. The second-order valence-electron chi connectivity index (χ2n) is 5.70. The zero-order valence-electron chi connectivity index (χ0n) is 13.3. The smallest absolute Gasteiger partial charge is 0.258 e. The summed E-state index contributed by atoms with van der Waals surface area (Å²) in [5.74, 6) is -0.150. The number of carbonyl (C=O) groups is 1. The number of aromatic nitrogens is 2. The van der Waals surface area contributed by atoms with E-state index in [2.05, 4.69) is 15.3 Å². The lowest BCUT2D eigenvalue weighted by molar-refractivity contribution is 0.102. The van der Waals surface area contributed by atoms with E-state index in [1.807, 2.05) is 56.3 Å². The van der Waals surface area contributed by atoms with E-state index < -0.39 is 0 Å². The molecule has 2 aromatic carbocycles. The molecule has 0 saturated carbocycles. The lowest BCUT2D eigenvalue weighted by atomic mass is 10.0. The van der Waals surface area contributed by atoms with Gasteiger partial charge in [0.15, 0.2) is 0 Å². The second kappa shape index (κ2) is 5.69. The van der Waals surface area contributed by atoms with Crippen LogP contribution in [0.4, 0.5) is 5.69 Å². The highest BCUT2D eigenvalue weighted by Gasteiger charge is 2.15. The Balaban J connectivity index is 1.74. The molecule has 4 aromatic rings. The number of carbonyl (C=O) groups excluding carboxylic acids is 1. The molecular weight excluding hydrogens is 318 g/mol. The Morgan fingerprint density at radius 3 is 2.88 bits per heavy atom. The van der Waals surface area contributed by atoms with Crippen LogP contribution in [-0.4, -0.2) is 15.9 Å². The van der Waals surface area contributed by atoms with Gasteiger partial charge in [0, 0.05) is 17.3 Å². The summed E-state index contributed by atoms with van der Waals surface area (Å²) >= 11 is 1.65. The zero-order valence-corrected chi connectivity index (χ0v) is 14.1. The average molecular weight is 333 g/mol. The Morgan fingerprint density at radius 1 is 1.12 bits per heavy atom. The summed E-state index contributed by atoms with van der Waals surface area (Å²) < 4.78 is 1.12. The van der Waals surface area contributed by atoms with Gasteiger partial charge in [-0.25, -0.2) is 4.98 Å². The van der Waals surface area contributed by atoms with Crippen molar-refractivity contribution >= 4 is 44.1 Å². The highest BCUT2D eigenvalue weighted by molar-refractivity contribution is 7.18. The molecule has 118 valence electrons. The topological polar surface area (TPSA) is 54.9 Å². The molecule has 0 aliphatic rings. The minimum absolute atomic E-state index is 0.150. The fourth-order valence-corrected chi connectivity index (χ4v) is 3.65. The maximum Gasteiger partial charge on any atom is 0.258 e. The van der Waals surface area contributed by atoms with E-state index in [0.29, 0.717) is 5.56 Å². The van der Waals surface area contributed by atoms with Crippen molar-refractivity contribution in [3.8, 4) is 0 Å². The molecular formula is C19H15N3OS. The lowest BCUT2D eigenvalue weighted by Gasteiger charge is -2.10. The molecule has 2 aromatic heterocycles. The van der Waals surface area contributed by atoms with Gasteiger partial charge in [-0.05, 0) is 43.7 Å². The van der Waals surface area contributed by atoms with E-state index in [0.717, 1.165) is 37.4 Å². The number of fused-ring (bicyclic) bond motifs is 2. The zero-order chi connectivity index (χ0) is 16.7. The van der Waals surface area contributed by atoms with Crippen LogP contribution in [0.2, 0.25) is 0 Å². The monoisotopic (exact) mass is 333 g/mol. The first kappa shape index (κ1) is 14.8. The molecule has 0 radical (unpaired) electrons. The molecule has 1 amide bonds. The lowest BCUT2D eigenvalue weighted by Crippen LogP contribution is -2.14. The van der Waals surface area contributed by atoms with Crippen molar-refractivity contribution in [3.63, 3.8) is 0 Å². The summed E-state index contributed by atoms with van der Waals surface area (Å²) in [6, 6.07) is 13.6. The van der Waals surface area contributed by atoms with E-state index in [1.165, 1.54) is 0 Å². The number of nitrogens with zero attached hydrogens (tertiary/aromatic N) is 2. The Labute approximate surface area is 143 Å². The molecule has 0 bridgehead atoms. The largest absolute Gasteiger partial charge is 0.322 e. The summed E-state index contributed by atoms with van der Waals surface area (Å²) in [6.45, 7) is 3.91. The van der Waals surface area contributed by atoms with Crippen LogP contribution in [0.15, 0.2) is 48.7 Å². The van der Waals surface area contributed by atoms with Crippen LogP contribution >= 0.6 is 11.3 Å². The van der Waals surface area contributed by atoms with E-state index in [4.69, 9.17) is 0 Å². The Bertz CT molecular complexity index is 1080. The molecule has 0 spiro atoms. The van der Waals surface area contributed by atoms with Gasteiger partial charge >= 0.3 is 0 Å². The first-order valence-electron chi connectivity index (χ1n) is 7.65. The third-order valence-electron chi connectivity index (χ3n) is 3.96. The van der Waals surface area contributed by atoms with Crippen molar-refractivity contribution in [1.29, 1.82) is 0 Å². The van der Waals surface area contributed by atoms with Crippen LogP contribution in [0, 0.1) is 13.8 Å². The predicted octanol–water partition coefficient (Wildman–Crippen LogP) is 4.71. The minimum atomic E-state index is -0.150. The summed E-state index contributed by atoms with van der Waals surface area (Å²) in [4.78, 5) is 21.7. The van der Waals surface area contributed by atoms with Gasteiger partial charge in [0.2, 0.25) is 0 Å². The van der Waals surface area contributed by atoms with Crippen LogP contribution in [-0.2, 0) is 0 Å². The molecule has 0 saturated heterocycles. The highest BCUT2D eigenvalue weighted by atomic mass is 32.1. The number of benzene rings is 2. The summed E-state index contributed by atoms with van der Waals surface area (Å²) in [5.41, 5.74) is 3.89. The molecule has 4 nitrogen and oxygen atoms in total. The third-order valence-corrected chi connectivity index (χ3v) is 4.91. The molecule has 0 fully saturated rings. The number of nitrogens with one attached hydrogen (secondary N) is 1. The van der Waals surface area contributed by atoms with Crippen LogP contribution in [0.25, 0.3) is 21.1 Å². The Hall–Kier alpha value is -2.79.